The zero-order valence-corrected chi connectivity index (χ0v) is 10.1. The Bertz CT molecular complexity index is 329. The zero-order valence-electron chi connectivity index (χ0n) is 9.29. The predicted octanol–water partition coefficient (Wildman–Crippen LogP) is 1.53. The fourth-order valence-electron chi connectivity index (χ4n) is 1.88. The molecule has 1 aliphatic heterocycles. The largest absolute Gasteiger partial charge is 0.388 e. The summed E-state index contributed by atoms with van der Waals surface area (Å²) in [6.07, 6.45) is 3.50. The van der Waals surface area contributed by atoms with E-state index >= 15 is 0 Å². The van der Waals surface area contributed by atoms with E-state index in [1.54, 1.807) is 11.3 Å². The van der Waals surface area contributed by atoms with Crippen LogP contribution >= 0.6 is 11.3 Å². The van der Waals surface area contributed by atoms with Crippen LogP contribution in [0.5, 0.6) is 0 Å². The third-order valence-electron chi connectivity index (χ3n) is 2.79. The normalized spacial score (nSPS) is 26.4. The summed E-state index contributed by atoms with van der Waals surface area (Å²) in [5.74, 6) is 0.486. The molecule has 15 heavy (non-hydrogen) atoms. The summed E-state index contributed by atoms with van der Waals surface area (Å²) in [4.78, 5) is 5.57. The summed E-state index contributed by atoms with van der Waals surface area (Å²) in [6.45, 7) is 5.93. The van der Waals surface area contributed by atoms with Crippen molar-refractivity contribution in [2.24, 2.45) is 0 Å². The number of aromatic nitrogens is 1. The van der Waals surface area contributed by atoms with Gasteiger partial charge in [0, 0.05) is 30.0 Å². The van der Waals surface area contributed by atoms with Crippen LogP contribution in [-0.4, -0.2) is 28.8 Å². The summed E-state index contributed by atoms with van der Waals surface area (Å²) in [6, 6.07) is 0. The highest BCUT2D eigenvalue weighted by atomic mass is 32.1. The highest BCUT2D eigenvalue weighted by molar-refractivity contribution is 7.11. The first-order valence-corrected chi connectivity index (χ1v) is 6.28. The molecule has 1 aromatic rings. The first-order valence-electron chi connectivity index (χ1n) is 5.47. The molecule has 0 radical (unpaired) electrons. The number of rotatable bonds is 3. The van der Waals surface area contributed by atoms with Gasteiger partial charge in [0.05, 0.1) is 10.6 Å². The molecule has 0 bridgehead atoms. The minimum absolute atomic E-state index is 0.486. The molecule has 4 heteroatoms. The van der Waals surface area contributed by atoms with Gasteiger partial charge in [-0.2, -0.15) is 0 Å². The van der Waals surface area contributed by atoms with Crippen molar-refractivity contribution in [3.05, 3.63) is 16.1 Å². The standard InChI is InChI=1S/C11H18N2OS/c1-8(2)10-13-6-9(15-10)5-11(14)3-4-12-7-11/h6,8,12,14H,3-5,7H2,1-2H3. The maximum atomic E-state index is 10.2. The van der Waals surface area contributed by atoms with Gasteiger partial charge in [-0.25, -0.2) is 4.98 Å². The number of nitrogens with zero attached hydrogens (tertiary/aromatic N) is 1. The van der Waals surface area contributed by atoms with Crippen LogP contribution < -0.4 is 5.32 Å². The van der Waals surface area contributed by atoms with E-state index in [0.29, 0.717) is 12.5 Å². The van der Waals surface area contributed by atoms with Gasteiger partial charge in [-0.1, -0.05) is 13.8 Å². The maximum Gasteiger partial charge on any atom is 0.0953 e. The van der Waals surface area contributed by atoms with E-state index < -0.39 is 5.60 Å². The molecule has 1 aromatic heterocycles. The summed E-state index contributed by atoms with van der Waals surface area (Å²) in [5, 5.41) is 14.6. The third kappa shape index (κ3) is 2.56. The first kappa shape index (κ1) is 11.0. The first-order chi connectivity index (χ1) is 7.09. The lowest BCUT2D eigenvalue weighted by atomic mass is 9.98. The Kier molecular flexibility index (Phi) is 3.09. The lowest BCUT2D eigenvalue weighted by Crippen LogP contribution is -2.33. The van der Waals surface area contributed by atoms with Gasteiger partial charge in [0.25, 0.3) is 0 Å². The van der Waals surface area contributed by atoms with Gasteiger partial charge >= 0.3 is 0 Å². The van der Waals surface area contributed by atoms with E-state index in [1.165, 1.54) is 9.88 Å². The highest BCUT2D eigenvalue weighted by Crippen LogP contribution is 2.26. The summed E-state index contributed by atoms with van der Waals surface area (Å²) in [5.41, 5.74) is -0.541. The molecule has 2 heterocycles. The second kappa shape index (κ2) is 4.20. The number of nitrogens with one attached hydrogen (secondary N) is 1. The van der Waals surface area contributed by atoms with Crippen molar-refractivity contribution in [3.8, 4) is 0 Å². The van der Waals surface area contributed by atoms with Crippen molar-refractivity contribution < 1.29 is 5.11 Å². The Morgan fingerprint density at radius 3 is 3.00 bits per heavy atom. The summed E-state index contributed by atoms with van der Waals surface area (Å²) in [7, 11) is 0. The van der Waals surface area contributed by atoms with E-state index in [-0.39, 0.29) is 0 Å². The summed E-state index contributed by atoms with van der Waals surface area (Å²) >= 11 is 1.73. The van der Waals surface area contributed by atoms with Crippen molar-refractivity contribution in [1.82, 2.24) is 10.3 Å². The molecule has 3 nitrogen and oxygen atoms in total. The molecule has 84 valence electrons. The molecule has 0 saturated carbocycles. The van der Waals surface area contributed by atoms with Crippen molar-refractivity contribution in [1.29, 1.82) is 0 Å². The molecule has 1 aliphatic rings. The number of thiazole rings is 1. The molecule has 0 amide bonds. The molecular formula is C11H18N2OS. The van der Waals surface area contributed by atoms with Crippen molar-refractivity contribution in [2.45, 2.75) is 38.2 Å². The maximum absolute atomic E-state index is 10.2. The van der Waals surface area contributed by atoms with Crippen molar-refractivity contribution >= 4 is 11.3 Å². The number of β-amino-alcohol motifs (C(OH)–C–C–N with tert-alkyl or cyclic N) is 1. The SMILES string of the molecule is CC(C)c1ncc(CC2(O)CCNC2)s1. The quantitative estimate of drug-likeness (QED) is 0.821. The molecule has 1 unspecified atom stereocenters. The molecule has 0 aromatic carbocycles. The third-order valence-corrected chi connectivity index (χ3v) is 4.09. The molecule has 1 atom stereocenters. The van der Waals surface area contributed by atoms with Crippen LogP contribution in [0.4, 0.5) is 0 Å². The molecular weight excluding hydrogens is 208 g/mol. The van der Waals surface area contributed by atoms with Crippen LogP contribution in [-0.2, 0) is 6.42 Å². The van der Waals surface area contributed by atoms with Gasteiger partial charge < -0.3 is 10.4 Å². The van der Waals surface area contributed by atoms with Gasteiger partial charge in [0.2, 0.25) is 0 Å². The van der Waals surface area contributed by atoms with E-state index in [0.717, 1.165) is 19.4 Å². The lowest BCUT2D eigenvalue weighted by Gasteiger charge is -2.19. The molecule has 1 fully saturated rings. The van der Waals surface area contributed by atoms with Crippen LogP contribution in [0.1, 0.15) is 36.1 Å². The van der Waals surface area contributed by atoms with Crippen LogP contribution in [0.2, 0.25) is 0 Å². The molecule has 0 aliphatic carbocycles. The number of aliphatic hydroxyl groups is 1. The van der Waals surface area contributed by atoms with Gasteiger partial charge in [0.1, 0.15) is 0 Å². The summed E-state index contributed by atoms with van der Waals surface area (Å²) < 4.78 is 0. The predicted molar refractivity (Wildman–Crippen MR) is 62.3 cm³/mol. The monoisotopic (exact) mass is 226 g/mol. The fourth-order valence-corrected chi connectivity index (χ4v) is 2.93. The Balaban J connectivity index is 2.04. The van der Waals surface area contributed by atoms with E-state index in [1.807, 2.05) is 6.20 Å². The zero-order chi connectivity index (χ0) is 10.9. The Morgan fingerprint density at radius 1 is 1.67 bits per heavy atom. The molecule has 2 rings (SSSR count). The lowest BCUT2D eigenvalue weighted by molar-refractivity contribution is 0.0627. The molecule has 0 spiro atoms. The van der Waals surface area contributed by atoms with E-state index in [2.05, 4.69) is 24.1 Å². The average Bonchev–Trinajstić information content (AvgIpc) is 2.75. The van der Waals surface area contributed by atoms with Crippen LogP contribution in [0.3, 0.4) is 0 Å². The minimum Gasteiger partial charge on any atom is -0.388 e. The topological polar surface area (TPSA) is 45.2 Å². The smallest absolute Gasteiger partial charge is 0.0953 e. The van der Waals surface area contributed by atoms with E-state index in [9.17, 15) is 5.11 Å². The fraction of sp³-hybridized carbons (Fsp3) is 0.727. The Hall–Kier alpha value is -0.450. The molecule has 2 N–H and O–H groups in total. The second-order valence-corrected chi connectivity index (χ2v) is 5.79. The van der Waals surface area contributed by atoms with Gasteiger partial charge in [-0.05, 0) is 13.0 Å². The van der Waals surface area contributed by atoms with Gasteiger partial charge in [-0.15, -0.1) is 11.3 Å². The van der Waals surface area contributed by atoms with Crippen molar-refractivity contribution in [3.63, 3.8) is 0 Å². The number of hydrogen-bond acceptors (Lipinski definition) is 4. The van der Waals surface area contributed by atoms with Crippen LogP contribution in [0, 0.1) is 0 Å². The van der Waals surface area contributed by atoms with Gasteiger partial charge in [0.15, 0.2) is 0 Å². The number of hydrogen-bond donors (Lipinski definition) is 2. The van der Waals surface area contributed by atoms with Crippen LogP contribution in [0.25, 0.3) is 0 Å². The Labute approximate surface area is 94.5 Å². The van der Waals surface area contributed by atoms with Crippen molar-refractivity contribution in [2.75, 3.05) is 13.1 Å². The van der Waals surface area contributed by atoms with Crippen LogP contribution in [0.15, 0.2) is 6.20 Å². The average molecular weight is 226 g/mol. The van der Waals surface area contributed by atoms with E-state index in [4.69, 9.17) is 0 Å². The highest BCUT2D eigenvalue weighted by Gasteiger charge is 2.31. The second-order valence-electron chi connectivity index (χ2n) is 4.65. The Morgan fingerprint density at radius 2 is 2.47 bits per heavy atom. The molecule has 1 saturated heterocycles. The van der Waals surface area contributed by atoms with Gasteiger partial charge in [-0.3, -0.25) is 0 Å². The minimum atomic E-state index is -0.541.